The van der Waals surface area contributed by atoms with E-state index in [2.05, 4.69) is 30.1 Å². The molecule has 0 bridgehead atoms. The summed E-state index contributed by atoms with van der Waals surface area (Å²) in [7, 11) is 0. The summed E-state index contributed by atoms with van der Waals surface area (Å²) in [5, 5.41) is 4.14. The largest absolute Gasteiger partial charge is 0.494 e. The molecule has 1 aliphatic heterocycles. The average Bonchev–Trinajstić information content (AvgIpc) is 3.09. The van der Waals surface area contributed by atoms with Gasteiger partial charge in [0.15, 0.2) is 5.13 Å². The third kappa shape index (κ3) is 4.20. The molecule has 26 heavy (non-hydrogen) atoms. The van der Waals surface area contributed by atoms with Crippen molar-refractivity contribution in [3.63, 3.8) is 0 Å². The van der Waals surface area contributed by atoms with E-state index in [1.807, 2.05) is 24.0 Å². The molecule has 142 valence electrons. The molecule has 1 aliphatic rings. The second-order valence-electron chi connectivity index (χ2n) is 6.50. The van der Waals surface area contributed by atoms with E-state index in [-0.39, 0.29) is 12.1 Å². The summed E-state index contributed by atoms with van der Waals surface area (Å²) in [6.45, 7) is 9.95. The molecule has 0 atom stereocenters. The number of hydrogen-bond acceptors (Lipinski definition) is 5. The van der Waals surface area contributed by atoms with Gasteiger partial charge in [-0.2, -0.15) is 0 Å². The van der Waals surface area contributed by atoms with Crippen LogP contribution in [-0.2, 0) is 0 Å². The van der Waals surface area contributed by atoms with Crippen molar-refractivity contribution >= 4 is 32.7 Å². The molecule has 2 amide bonds. The number of nitrogens with one attached hydrogen (secondary N) is 1. The Labute approximate surface area is 159 Å². The smallest absolute Gasteiger partial charge is 0.317 e. The van der Waals surface area contributed by atoms with Gasteiger partial charge in [0.2, 0.25) is 0 Å². The van der Waals surface area contributed by atoms with Crippen LogP contribution in [0.3, 0.4) is 0 Å². The van der Waals surface area contributed by atoms with Gasteiger partial charge in [-0.25, -0.2) is 9.78 Å². The van der Waals surface area contributed by atoms with Crippen LogP contribution < -0.4 is 15.0 Å². The van der Waals surface area contributed by atoms with Crippen LogP contribution in [0.1, 0.15) is 33.6 Å². The first-order valence-electron chi connectivity index (χ1n) is 9.48. The van der Waals surface area contributed by atoms with Crippen LogP contribution in [0, 0.1) is 0 Å². The number of piperazine rings is 1. The lowest BCUT2D eigenvalue weighted by Crippen LogP contribution is -2.53. The highest BCUT2D eigenvalue weighted by Crippen LogP contribution is 2.32. The number of amides is 2. The van der Waals surface area contributed by atoms with Gasteiger partial charge in [0.1, 0.15) is 5.75 Å². The highest BCUT2D eigenvalue weighted by molar-refractivity contribution is 7.22. The second kappa shape index (κ2) is 8.58. The van der Waals surface area contributed by atoms with Crippen molar-refractivity contribution in [1.29, 1.82) is 0 Å². The summed E-state index contributed by atoms with van der Waals surface area (Å²) in [6, 6.07) is 6.36. The SMILES string of the molecule is CCOc1ccc2nc(N3CCN(C(=O)NC(CC)CC)CC3)sc2c1. The molecule has 0 radical (unpaired) electrons. The van der Waals surface area contributed by atoms with E-state index in [9.17, 15) is 4.79 Å². The number of anilines is 1. The van der Waals surface area contributed by atoms with Gasteiger partial charge in [-0.3, -0.25) is 0 Å². The van der Waals surface area contributed by atoms with E-state index in [0.717, 1.165) is 60.1 Å². The van der Waals surface area contributed by atoms with Gasteiger partial charge < -0.3 is 19.9 Å². The number of rotatable bonds is 6. The Balaban J connectivity index is 1.61. The van der Waals surface area contributed by atoms with Crippen LogP contribution in [0.4, 0.5) is 9.93 Å². The molecule has 1 fully saturated rings. The number of nitrogens with zero attached hydrogens (tertiary/aromatic N) is 3. The van der Waals surface area contributed by atoms with Crippen molar-refractivity contribution in [3.05, 3.63) is 18.2 Å². The number of hydrogen-bond donors (Lipinski definition) is 1. The fourth-order valence-corrected chi connectivity index (χ4v) is 4.19. The number of benzene rings is 1. The van der Waals surface area contributed by atoms with Crippen LogP contribution >= 0.6 is 11.3 Å². The summed E-state index contributed by atoms with van der Waals surface area (Å²) in [6.07, 6.45) is 1.94. The summed E-state index contributed by atoms with van der Waals surface area (Å²) in [5.41, 5.74) is 1.00. The lowest BCUT2D eigenvalue weighted by molar-refractivity contribution is 0.189. The highest BCUT2D eigenvalue weighted by Gasteiger charge is 2.24. The standard InChI is InChI=1S/C19H28N4O2S/c1-4-14(5-2)20-18(24)22-9-11-23(12-10-22)19-21-16-8-7-15(25-6-3)13-17(16)26-19/h7-8,13-14H,4-6,9-12H2,1-3H3,(H,20,24). The van der Waals surface area contributed by atoms with Crippen LogP contribution in [-0.4, -0.2) is 54.7 Å². The maximum absolute atomic E-state index is 12.4. The highest BCUT2D eigenvalue weighted by atomic mass is 32.1. The van der Waals surface area contributed by atoms with Crippen LogP contribution in [0.2, 0.25) is 0 Å². The minimum atomic E-state index is 0.0593. The van der Waals surface area contributed by atoms with Crippen molar-refractivity contribution in [1.82, 2.24) is 15.2 Å². The number of carbonyl (C=O) groups excluding carboxylic acids is 1. The molecular formula is C19H28N4O2S. The Morgan fingerprint density at radius 3 is 2.62 bits per heavy atom. The number of aromatic nitrogens is 1. The number of urea groups is 1. The molecule has 1 aromatic heterocycles. The third-order valence-electron chi connectivity index (χ3n) is 4.81. The molecule has 1 N–H and O–H groups in total. The van der Waals surface area contributed by atoms with Crippen LogP contribution in [0.15, 0.2) is 18.2 Å². The zero-order valence-electron chi connectivity index (χ0n) is 15.8. The Morgan fingerprint density at radius 1 is 1.23 bits per heavy atom. The fraction of sp³-hybridized carbons (Fsp3) is 0.579. The van der Waals surface area contributed by atoms with Gasteiger partial charge in [0.05, 0.1) is 16.8 Å². The Hall–Kier alpha value is -2.02. The first-order valence-corrected chi connectivity index (χ1v) is 10.3. The van der Waals surface area contributed by atoms with Crippen LogP contribution in [0.5, 0.6) is 5.75 Å². The Kier molecular flexibility index (Phi) is 6.19. The lowest BCUT2D eigenvalue weighted by Gasteiger charge is -2.35. The number of carbonyl (C=O) groups is 1. The summed E-state index contributed by atoms with van der Waals surface area (Å²) in [4.78, 5) is 21.3. The maximum atomic E-state index is 12.4. The molecule has 2 heterocycles. The van der Waals surface area contributed by atoms with Gasteiger partial charge in [-0.15, -0.1) is 0 Å². The molecule has 2 aromatic rings. The predicted octanol–water partition coefficient (Wildman–Crippen LogP) is 3.72. The maximum Gasteiger partial charge on any atom is 0.317 e. The molecule has 0 unspecified atom stereocenters. The van der Waals surface area contributed by atoms with Gasteiger partial charge in [0.25, 0.3) is 0 Å². The van der Waals surface area contributed by atoms with E-state index >= 15 is 0 Å². The van der Waals surface area contributed by atoms with E-state index in [1.54, 1.807) is 11.3 Å². The third-order valence-corrected chi connectivity index (χ3v) is 5.89. The second-order valence-corrected chi connectivity index (χ2v) is 7.51. The molecule has 0 aliphatic carbocycles. The van der Waals surface area contributed by atoms with Crippen molar-refractivity contribution in [2.75, 3.05) is 37.7 Å². The van der Waals surface area contributed by atoms with Crippen LogP contribution in [0.25, 0.3) is 10.2 Å². The van der Waals surface area contributed by atoms with Gasteiger partial charge >= 0.3 is 6.03 Å². The first kappa shape index (κ1) is 18.8. The monoisotopic (exact) mass is 376 g/mol. The van der Waals surface area contributed by atoms with E-state index < -0.39 is 0 Å². The van der Waals surface area contributed by atoms with E-state index in [1.165, 1.54) is 0 Å². The summed E-state index contributed by atoms with van der Waals surface area (Å²) < 4.78 is 6.71. The molecule has 7 heteroatoms. The quantitative estimate of drug-likeness (QED) is 0.835. The first-order chi connectivity index (χ1) is 12.6. The van der Waals surface area contributed by atoms with E-state index in [4.69, 9.17) is 9.72 Å². The molecule has 1 saturated heterocycles. The number of ether oxygens (including phenoxy) is 1. The molecule has 1 aromatic carbocycles. The number of fused-ring (bicyclic) bond motifs is 1. The lowest BCUT2D eigenvalue weighted by atomic mass is 10.2. The zero-order valence-corrected chi connectivity index (χ0v) is 16.6. The van der Waals surface area contributed by atoms with Crippen molar-refractivity contribution < 1.29 is 9.53 Å². The number of thiazole rings is 1. The van der Waals surface area contributed by atoms with Crippen molar-refractivity contribution in [2.24, 2.45) is 0 Å². The van der Waals surface area contributed by atoms with Crippen molar-refractivity contribution in [2.45, 2.75) is 39.7 Å². The molecule has 0 saturated carbocycles. The topological polar surface area (TPSA) is 57.7 Å². The molecule has 6 nitrogen and oxygen atoms in total. The Morgan fingerprint density at radius 2 is 1.96 bits per heavy atom. The summed E-state index contributed by atoms with van der Waals surface area (Å²) >= 11 is 1.69. The minimum absolute atomic E-state index is 0.0593. The predicted molar refractivity (Wildman–Crippen MR) is 107 cm³/mol. The summed E-state index contributed by atoms with van der Waals surface area (Å²) in [5.74, 6) is 0.887. The van der Waals surface area contributed by atoms with Gasteiger partial charge in [-0.1, -0.05) is 25.2 Å². The van der Waals surface area contributed by atoms with Crippen molar-refractivity contribution in [3.8, 4) is 5.75 Å². The van der Waals surface area contributed by atoms with E-state index in [0.29, 0.717) is 6.61 Å². The minimum Gasteiger partial charge on any atom is -0.494 e. The molecule has 0 spiro atoms. The molecular weight excluding hydrogens is 348 g/mol. The average molecular weight is 377 g/mol. The zero-order chi connectivity index (χ0) is 18.5. The molecule has 3 rings (SSSR count). The van der Waals surface area contributed by atoms with Gasteiger partial charge in [0, 0.05) is 32.2 Å². The van der Waals surface area contributed by atoms with Gasteiger partial charge in [-0.05, 0) is 38.0 Å². The Bertz CT molecular complexity index is 736. The fourth-order valence-electron chi connectivity index (χ4n) is 3.14. The normalized spacial score (nSPS) is 14.9.